The number of likely N-dealkylation sites (tertiary alicyclic amines) is 1. The van der Waals surface area contributed by atoms with Gasteiger partial charge in [0.25, 0.3) is 12.3 Å². The van der Waals surface area contributed by atoms with Crippen molar-refractivity contribution in [2.45, 2.75) is 32.2 Å². The largest absolute Gasteiger partial charge is 0.363 e. The zero-order valence-corrected chi connectivity index (χ0v) is 17.0. The number of alkyl halides is 2. The summed E-state index contributed by atoms with van der Waals surface area (Å²) in [7, 11) is 1.59. The van der Waals surface area contributed by atoms with E-state index in [4.69, 9.17) is 0 Å². The zero-order chi connectivity index (χ0) is 20.8. The predicted molar refractivity (Wildman–Crippen MR) is 110 cm³/mol. The Morgan fingerprint density at radius 2 is 2.07 bits per heavy atom. The average Bonchev–Trinajstić information content (AvgIpc) is 3.17. The van der Waals surface area contributed by atoms with E-state index in [1.165, 1.54) is 10.3 Å². The van der Waals surface area contributed by atoms with E-state index < -0.39 is 6.43 Å². The zero-order valence-electron chi connectivity index (χ0n) is 16.1. The smallest absolute Gasteiger partial charge is 0.266 e. The Bertz CT molecular complexity index is 929. The fourth-order valence-corrected chi connectivity index (χ4v) is 4.24. The average molecular weight is 416 g/mol. The summed E-state index contributed by atoms with van der Waals surface area (Å²) >= 11 is 0.980. The Labute approximate surface area is 172 Å². The van der Waals surface area contributed by atoms with Crippen molar-refractivity contribution in [1.29, 1.82) is 5.26 Å². The van der Waals surface area contributed by atoms with Crippen LogP contribution in [0.15, 0.2) is 34.6 Å². The molecule has 1 aromatic heterocycles. The highest BCUT2D eigenvalue weighted by molar-refractivity contribution is 7.12. The van der Waals surface area contributed by atoms with Crippen LogP contribution in [0, 0.1) is 11.3 Å². The number of nitrogens with zero attached hydrogens (tertiary/aromatic N) is 4. The van der Waals surface area contributed by atoms with Gasteiger partial charge in [0.1, 0.15) is 4.88 Å². The van der Waals surface area contributed by atoms with E-state index >= 15 is 0 Å². The number of amides is 1. The van der Waals surface area contributed by atoms with Crippen molar-refractivity contribution in [3.63, 3.8) is 0 Å². The molecule has 8 heteroatoms. The lowest BCUT2D eigenvalue weighted by atomic mass is 10.1. The Hall–Kier alpha value is -2.79. The molecule has 5 nitrogen and oxygen atoms in total. The number of halogens is 2. The molecule has 0 atom stereocenters. The highest BCUT2D eigenvalue weighted by atomic mass is 32.1. The van der Waals surface area contributed by atoms with Crippen LogP contribution in [0.1, 0.15) is 52.0 Å². The third-order valence-corrected chi connectivity index (χ3v) is 5.83. The summed E-state index contributed by atoms with van der Waals surface area (Å²) in [6.45, 7) is 1.89. The summed E-state index contributed by atoms with van der Waals surface area (Å²) in [5, 5.41) is 10.5. The van der Waals surface area contributed by atoms with Gasteiger partial charge < -0.3 is 9.80 Å². The molecule has 2 aromatic rings. The molecule has 1 aliphatic heterocycles. The fraction of sp³-hybridized carbons (Fsp3) is 0.381. The van der Waals surface area contributed by atoms with Gasteiger partial charge in [-0.3, -0.25) is 4.79 Å². The number of carbonyl (C=O) groups is 1. The lowest BCUT2D eigenvalue weighted by Crippen LogP contribution is -2.28. The van der Waals surface area contributed by atoms with Gasteiger partial charge in [-0.05, 0) is 30.9 Å². The highest BCUT2D eigenvalue weighted by Gasteiger charge is 2.25. The first-order valence-corrected chi connectivity index (χ1v) is 10.3. The summed E-state index contributed by atoms with van der Waals surface area (Å²) in [6.07, 6.45) is 2.12. The maximum Gasteiger partial charge on any atom is 0.266 e. The second-order valence-electron chi connectivity index (χ2n) is 6.94. The molecule has 29 heavy (non-hydrogen) atoms. The summed E-state index contributed by atoms with van der Waals surface area (Å²) in [4.78, 5) is 20.9. The molecular formula is C21H22F2N4OS. The second kappa shape index (κ2) is 9.61. The molecule has 1 saturated heterocycles. The summed E-state index contributed by atoms with van der Waals surface area (Å²) in [6, 6.07) is 9.11. The van der Waals surface area contributed by atoms with E-state index in [0.29, 0.717) is 11.1 Å². The monoisotopic (exact) mass is 416 g/mol. The third kappa shape index (κ3) is 4.98. The molecule has 0 bridgehead atoms. The number of rotatable bonds is 6. The van der Waals surface area contributed by atoms with Crippen LogP contribution < -0.4 is 0 Å². The molecule has 2 heterocycles. The lowest BCUT2D eigenvalue weighted by Gasteiger charge is -2.24. The third-order valence-electron chi connectivity index (χ3n) is 4.85. The molecule has 1 aromatic carbocycles. The molecule has 3 rings (SSSR count). The van der Waals surface area contributed by atoms with Gasteiger partial charge in [0.2, 0.25) is 0 Å². The number of piperidine rings is 1. The molecular weight excluding hydrogens is 394 g/mol. The quantitative estimate of drug-likeness (QED) is 0.493. The van der Waals surface area contributed by atoms with Crippen LogP contribution in [-0.4, -0.2) is 42.2 Å². The van der Waals surface area contributed by atoms with Crippen molar-refractivity contribution in [3.05, 3.63) is 51.2 Å². The lowest BCUT2D eigenvalue weighted by molar-refractivity contribution is 0.0790. The van der Waals surface area contributed by atoms with Gasteiger partial charge >= 0.3 is 0 Å². The first-order chi connectivity index (χ1) is 14.0. The van der Waals surface area contributed by atoms with Gasteiger partial charge in [0.15, 0.2) is 0 Å². The Morgan fingerprint density at radius 1 is 1.34 bits per heavy atom. The van der Waals surface area contributed by atoms with Crippen LogP contribution >= 0.6 is 11.3 Å². The standard InChI is InChI=1S/C21H22F2N4OS/c1-26(12-16-8-4-3-7-15(16)11-24)21(28)19-18(17(13-29-19)20(22)23)25-14-27-9-5-2-6-10-27/h3-4,7-8,13-14,20H,2,5-6,9-10,12H2,1H3. The summed E-state index contributed by atoms with van der Waals surface area (Å²) < 4.78 is 26.9. The molecule has 0 saturated carbocycles. The summed E-state index contributed by atoms with van der Waals surface area (Å²) in [5.74, 6) is -0.388. The van der Waals surface area contributed by atoms with E-state index in [2.05, 4.69) is 11.1 Å². The van der Waals surface area contributed by atoms with Gasteiger partial charge in [-0.1, -0.05) is 18.2 Å². The minimum Gasteiger partial charge on any atom is -0.363 e. The van der Waals surface area contributed by atoms with E-state index in [0.717, 1.165) is 43.7 Å². The first-order valence-electron chi connectivity index (χ1n) is 9.42. The van der Waals surface area contributed by atoms with Crippen molar-refractivity contribution >= 4 is 29.3 Å². The van der Waals surface area contributed by atoms with Crippen LogP contribution in [-0.2, 0) is 6.54 Å². The van der Waals surface area contributed by atoms with Gasteiger partial charge in [0.05, 0.1) is 29.2 Å². The van der Waals surface area contributed by atoms with Crippen LogP contribution in [0.4, 0.5) is 14.5 Å². The molecule has 0 aliphatic carbocycles. The molecule has 1 amide bonds. The van der Waals surface area contributed by atoms with Crippen LogP contribution in [0.3, 0.4) is 0 Å². The van der Waals surface area contributed by atoms with E-state index in [1.54, 1.807) is 37.7 Å². The minimum atomic E-state index is -2.70. The van der Waals surface area contributed by atoms with E-state index in [-0.39, 0.29) is 28.6 Å². The van der Waals surface area contributed by atoms with E-state index in [9.17, 15) is 18.8 Å². The molecule has 0 N–H and O–H groups in total. The number of benzene rings is 1. The number of nitriles is 1. The number of hydrogen-bond acceptors (Lipinski definition) is 4. The van der Waals surface area contributed by atoms with Gasteiger partial charge in [0, 0.05) is 32.1 Å². The topological polar surface area (TPSA) is 59.7 Å². The minimum absolute atomic E-state index is 0.0426. The number of carbonyl (C=O) groups excluding carboxylic acids is 1. The Kier molecular flexibility index (Phi) is 6.94. The summed E-state index contributed by atoms with van der Waals surface area (Å²) in [5.41, 5.74) is 1.00. The molecule has 0 unspecified atom stereocenters. The number of aliphatic imine (C=N–C) groups is 1. The van der Waals surface area contributed by atoms with E-state index in [1.807, 2.05) is 4.90 Å². The van der Waals surface area contributed by atoms with Crippen LogP contribution in [0.25, 0.3) is 0 Å². The second-order valence-corrected chi connectivity index (χ2v) is 7.82. The van der Waals surface area contributed by atoms with Crippen molar-refractivity contribution in [1.82, 2.24) is 9.80 Å². The SMILES string of the molecule is CN(Cc1ccccc1C#N)C(=O)c1scc(C(F)F)c1N=CN1CCCCC1. The predicted octanol–water partition coefficient (Wildman–Crippen LogP) is 4.98. The highest BCUT2D eigenvalue weighted by Crippen LogP contribution is 2.38. The Morgan fingerprint density at radius 3 is 2.76 bits per heavy atom. The van der Waals surface area contributed by atoms with Crippen molar-refractivity contribution in [2.75, 3.05) is 20.1 Å². The van der Waals surface area contributed by atoms with Gasteiger partial charge in [-0.25, -0.2) is 13.8 Å². The maximum atomic E-state index is 13.5. The van der Waals surface area contributed by atoms with Crippen molar-refractivity contribution in [3.8, 4) is 6.07 Å². The first kappa shape index (κ1) is 20.9. The van der Waals surface area contributed by atoms with Crippen molar-refractivity contribution in [2.24, 2.45) is 4.99 Å². The van der Waals surface area contributed by atoms with Gasteiger partial charge in [-0.15, -0.1) is 11.3 Å². The molecule has 152 valence electrons. The van der Waals surface area contributed by atoms with Crippen LogP contribution in [0.5, 0.6) is 0 Å². The molecule has 1 fully saturated rings. The van der Waals surface area contributed by atoms with Crippen LogP contribution in [0.2, 0.25) is 0 Å². The molecule has 0 radical (unpaired) electrons. The number of hydrogen-bond donors (Lipinski definition) is 0. The number of thiophene rings is 1. The Balaban J connectivity index is 1.84. The van der Waals surface area contributed by atoms with Crippen molar-refractivity contribution < 1.29 is 13.6 Å². The normalized spacial score (nSPS) is 14.4. The maximum absolute atomic E-state index is 13.5. The fourth-order valence-electron chi connectivity index (χ4n) is 3.25. The molecule has 1 aliphatic rings. The van der Waals surface area contributed by atoms with Gasteiger partial charge in [-0.2, -0.15) is 5.26 Å². The molecule has 0 spiro atoms.